The second-order valence-electron chi connectivity index (χ2n) is 12.7. The van der Waals surface area contributed by atoms with Crippen LogP contribution in [0.15, 0.2) is 46.2 Å². The Kier molecular flexibility index (Phi) is 20.1. The van der Waals surface area contributed by atoms with Gasteiger partial charge in [-0.3, -0.25) is 9.11 Å². The maximum atomic E-state index is 12.5. The van der Waals surface area contributed by atoms with Crippen molar-refractivity contribution in [3.05, 3.63) is 58.1 Å². The van der Waals surface area contributed by atoms with Crippen LogP contribution < -0.4 is 79.5 Å². The van der Waals surface area contributed by atoms with Crippen LogP contribution in [0.4, 0.5) is 35.2 Å². The van der Waals surface area contributed by atoms with Gasteiger partial charge < -0.3 is 43.7 Å². The van der Waals surface area contributed by atoms with Crippen molar-refractivity contribution in [2.75, 3.05) is 46.6 Å². The third-order valence-corrected chi connectivity index (χ3v) is 9.39. The number of hydrogen-bond donors (Lipinski definition) is 8. The number of halogens is 2. The van der Waals surface area contributed by atoms with Gasteiger partial charge in [-0.05, 0) is 86.3 Å². The molecule has 58 heavy (non-hydrogen) atoms. The summed E-state index contributed by atoms with van der Waals surface area (Å²) in [5, 5.41) is 44.7. The average Bonchev–Trinajstić information content (AvgIpc) is 3.05. The summed E-state index contributed by atoms with van der Waals surface area (Å²) >= 11 is 12.2. The normalized spacial score (nSPS) is 13.8. The van der Waals surface area contributed by atoms with Gasteiger partial charge in [0.15, 0.2) is 0 Å². The first-order chi connectivity index (χ1) is 26.1. The van der Waals surface area contributed by atoms with Gasteiger partial charge in [-0.2, -0.15) is 46.7 Å². The number of anilines is 6. The third kappa shape index (κ3) is 15.9. The molecule has 20 nitrogen and oxygen atoms in total. The Balaban J connectivity index is 0.00000870. The van der Waals surface area contributed by atoms with Crippen molar-refractivity contribution in [2.45, 2.75) is 61.9 Å². The van der Waals surface area contributed by atoms with Crippen LogP contribution >= 0.6 is 23.2 Å². The maximum Gasteiger partial charge on any atom is 1.00 e. The fraction of sp³-hybridized carbons (Fsp3) is 0.375. The van der Waals surface area contributed by atoms with Gasteiger partial charge in [0.25, 0.3) is 20.2 Å². The molecule has 2 heterocycles. The number of nitrogens with one attached hydrogen (secondary N) is 2. The van der Waals surface area contributed by atoms with Crippen molar-refractivity contribution in [3.63, 3.8) is 0 Å². The average molecular weight is 908 g/mol. The van der Waals surface area contributed by atoms with E-state index in [1.54, 1.807) is 0 Å². The maximum absolute atomic E-state index is 12.5. The van der Waals surface area contributed by atoms with Crippen LogP contribution in [0.25, 0.3) is 12.2 Å². The molecule has 4 atom stereocenters. The number of benzene rings is 2. The Bertz CT molecular complexity index is 2120. The minimum Gasteiger partial charge on any atom is -1.00 e. The van der Waals surface area contributed by atoms with E-state index in [2.05, 4.69) is 40.5 Å². The third-order valence-electron chi connectivity index (χ3n) is 7.23. The van der Waals surface area contributed by atoms with Gasteiger partial charge in [0.2, 0.25) is 34.4 Å². The summed E-state index contributed by atoms with van der Waals surface area (Å²) in [7, 11) is -9.78. The molecule has 2 aromatic heterocycles. The summed E-state index contributed by atoms with van der Waals surface area (Å²) in [5.41, 5.74) is -0.00304. The van der Waals surface area contributed by atoms with E-state index in [9.17, 15) is 46.4 Å². The minimum absolute atomic E-state index is 0. The van der Waals surface area contributed by atoms with Crippen LogP contribution in [-0.2, 0) is 20.2 Å². The molecule has 26 heteroatoms. The van der Waals surface area contributed by atoms with Gasteiger partial charge >= 0.3 is 59.1 Å². The van der Waals surface area contributed by atoms with Crippen molar-refractivity contribution in [3.8, 4) is 0 Å². The van der Waals surface area contributed by atoms with E-state index in [-0.39, 0.29) is 145 Å². The van der Waals surface area contributed by atoms with Crippen molar-refractivity contribution in [1.82, 2.24) is 29.9 Å². The Morgan fingerprint density at radius 2 is 0.914 bits per heavy atom. The molecule has 308 valence electrons. The predicted octanol–water partition coefficient (Wildman–Crippen LogP) is -3.12. The van der Waals surface area contributed by atoms with Gasteiger partial charge in [0.1, 0.15) is 9.79 Å². The van der Waals surface area contributed by atoms with Crippen LogP contribution in [0.1, 0.15) is 41.7 Å². The number of rotatable bonds is 18. The Hall–Kier alpha value is -2.36. The summed E-state index contributed by atoms with van der Waals surface area (Å²) in [6.45, 7) is 6.30. The molecule has 0 saturated carbocycles. The summed E-state index contributed by atoms with van der Waals surface area (Å²) < 4.78 is 70.2. The monoisotopic (exact) mass is 906 g/mol. The number of nitrogens with zero attached hydrogens (tertiary/aromatic N) is 8. The van der Waals surface area contributed by atoms with Gasteiger partial charge in [0, 0.05) is 37.6 Å². The molecular formula is C32H42Cl2N10Na2O10S2. The van der Waals surface area contributed by atoms with Crippen LogP contribution in [0.5, 0.6) is 0 Å². The van der Waals surface area contributed by atoms with E-state index in [1.165, 1.54) is 73.9 Å². The van der Waals surface area contributed by atoms with Crippen LogP contribution in [0.2, 0.25) is 10.6 Å². The number of hydrogen-bond acceptors (Lipinski definition) is 18. The summed E-state index contributed by atoms with van der Waals surface area (Å²) in [6.07, 6.45) is -0.890. The van der Waals surface area contributed by atoms with Crippen molar-refractivity contribution >= 4 is 90.8 Å². The SMILES string of the molecule is CC(O)CN(CC(C)O)c1nc(Cl)nc(Nc2ccc(/C=C/c3ccc(Nc4nc(Cl)nc(N(CC(C)O)CC(C)O)n4)cc3S(=O)(=O)O)c(S(=O)(=O)O)c2)n1.[H-].[H-].[Na+].[Na+]. The van der Waals surface area contributed by atoms with E-state index in [4.69, 9.17) is 23.2 Å². The van der Waals surface area contributed by atoms with E-state index in [1.807, 2.05) is 0 Å². The minimum atomic E-state index is -4.89. The molecule has 0 amide bonds. The zero-order valence-electron chi connectivity index (χ0n) is 34.2. The molecule has 0 radical (unpaired) electrons. The number of aromatic nitrogens is 6. The Labute approximate surface area is 392 Å². The summed E-state index contributed by atoms with van der Waals surface area (Å²) in [4.78, 5) is 26.4. The summed E-state index contributed by atoms with van der Waals surface area (Å²) in [5.74, 6) is -0.253. The molecule has 0 aliphatic carbocycles. The molecule has 8 N–H and O–H groups in total. The number of aliphatic hydroxyl groups is 4. The molecule has 0 spiro atoms. The molecule has 0 aliphatic rings. The first-order valence-corrected chi connectivity index (χ1v) is 20.2. The van der Waals surface area contributed by atoms with E-state index < -0.39 is 54.4 Å². The van der Waals surface area contributed by atoms with Crippen molar-refractivity contribution < 1.29 is 108 Å². The molecule has 2 aromatic carbocycles. The molecule has 0 bridgehead atoms. The van der Waals surface area contributed by atoms with E-state index in [0.29, 0.717) is 0 Å². The zero-order chi connectivity index (χ0) is 41.5. The standard InChI is InChI=1S/C32H40Cl2N10O10S2.2Na.2H/c1-17(45)13-43(14-18(2)46)31-39-27(33)37-29(41-31)35-23-9-7-21(25(11-23)55(49,50)51)5-6-22-8-10-24(12-26(22)56(52,53)54)36-30-38-28(34)40-32(42-30)44(15-19(3)47)16-20(4)48;;;;/h5-12,17-20,45-48H,13-16H2,1-4H3,(H,49,50,51)(H,52,53,54)(H,35,37,39,41)(H,36,38,40,42);;;;/q;2*+1;2*-1/b6-5+;;;;. The topological polar surface area (TPSA) is 298 Å². The second kappa shape index (κ2) is 22.5. The van der Waals surface area contributed by atoms with Crippen LogP contribution in [-0.4, -0.2) is 127 Å². The molecule has 0 fully saturated rings. The van der Waals surface area contributed by atoms with Crippen LogP contribution in [0, 0.1) is 0 Å². The molecule has 0 saturated heterocycles. The van der Waals surface area contributed by atoms with Crippen LogP contribution in [0.3, 0.4) is 0 Å². The van der Waals surface area contributed by atoms with Gasteiger partial charge in [-0.25, -0.2) is 0 Å². The number of aliphatic hydroxyl groups excluding tert-OH is 4. The summed E-state index contributed by atoms with van der Waals surface area (Å²) in [6, 6.07) is 7.52. The largest absolute Gasteiger partial charge is 1.00 e. The zero-order valence-corrected chi connectivity index (χ0v) is 39.4. The smallest absolute Gasteiger partial charge is 1.00 e. The van der Waals surface area contributed by atoms with E-state index >= 15 is 0 Å². The van der Waals surface area contributed by atoms with Gasteiger partial charge in [-0.15, -0.1) is 0 Å². The molecule has 4 rings (SSSR count). The first kappa shape index (κ1) is 51.8. The quantitative estimate of drug-likeness (QED) is 0.0278. The Morgan fingerprint density at radius 1 is 0.603 bits per heavy atom. The van der Waals surface area contributed by atoms with Crippen molar-refractivity contribution in [2.24, 2.45) is 0 Å². The second-order valence-corrected chi connectivity index (χ2v) is 16.2. The van der Waals surface area contributed by atoms with Gasteiger partial charge in [0.05, 0.1) is 24.4 Å². The van der Waals surface area contributed by atoms with Crippen molar-refractivity contribution in [1.29, 1.82) is 0 Å². The Morgan fingerprint density at radius 3 is 1.19 bits per heavy atom. The molecule has 4 aromatic rings. The van der Waals surface area contributed by atoms with Gasteiger partial charge in [-0.1, -0.05) is 24.3 Å². The fourth-order valence-electron chi connectivity index (χ4n) is 5.21. The molecule has 0 aliphatic heterocycles. The fourth-order valence-corrected chi connectivity index (χ4v) is 6.94. The van der Waals surface area contributed by atoms with E-state index in [0.717, 1.165) is 12.1 Å². The first-order valence-electron chi connectivity index (χ1n) is 16.6. The molecule has 4 unspecified atom stereocenters. The predicted molar refractivity (Wildman–Crippen MR) is 211 cm³/mol. The molecular weight excluding hydrogens is 865 g/mol.